The van der Waals surface area contributed by atoms with Crippen LogP contribution in [0.5, 0.6) is 0 Å². The minimum Gasteiger partial charge on any atom is -0.319 e. The van der Waals surface area contributed by atoms with Gasteiger partial charge in [-0.05, 0) is 31.7 Å². The van der Waals surface area contributed by atoms with Crippen LogP contribution in [0, 0.1) is 6.92 Å². The van der Waals surface area contributed by atoms with Gasteiger partial charge in [0.05, 0.1) is 5.54 Å². The van der Waals surface area contributed by atoms with Crippen molar-refractivity contribution in [2.75, 3.05) is 0 Å². The van der Waals surface area contributed by atoms with E-state index in [9.17, 15) is 0 Å². The maximum atomic E-state index is 6.49. The first-order valence-corrected chi connectivity index (χ1v) is 6.66. The molecule has 1 aliphatic rings. The first kappa shape index (κ1) is 12.5. The predicted molar refractivity (Wildman–Crippen MR) is 69.8 cm³/mol. The fourth-order valence-electron chi connectivity index (χ4n) is 2.52. The van der Waals surface area contributed by atoms with Gasteiger partial charge in [-0.3, -0.25) is 0 Å². The van der Waals surface area contributed by atoms with Crippen LogP contribution < -0.4 is 5.73 Å². The lowest BCUT2D eigenvalue weighted by Gasteiger charge is -2.32. The van der Waals surface area contributed by atoms with Crippen LogP contribution in [0.2, 0.25) is 0 Å². The molecule has 3 nitrogen and oxygen atoms in total. The highest BCUT2D eigenvalue weighted by Crippen LogP contribution is 2.33. The maximum absolute atomic E-state index is 6.49. The minimum atomic E-state index is -0.284. The Kier molecular flexibility index (Phi) is 3.48. The fourth-order valence-corrected chi connectivity index (χ4v) is 2.52. The largest absolute Gasteiger partial charge is 0.319 e. The Morgan fingerprint density at radius 3 is 2.41 bits per heavy atom. The van der Waals surface area contributed by atoms with Crippen molar-refractivity contribution in [1.29, 1.82) is 0 Å². The lowest BCUT2D eigenvalue weighted by atomic mass is 9.82. The summed E-state index contributed by atoms with van der Waals surface area (Å²) in [6.45, 7) is 6.36. The monoisotopic (exact) mass is 233 g/mol. The minimum absolute atomic E-state index is 0.284. The van der Waals surface area contributed by atoms with Gasteiger partial charge >= 0.3 is 0 Å². The molecule has 0 radical (unpaired) electrons. The number of nitrogens with two attached hydrogens (primary N) is 1. The average Bonchev–Trinajstić information content (AvgIpc) is 2.29. The van der Waals surface area contributed by atoms with Crippen molar-refractivity contribution in [1.82, 2.24) is 9.97 Å². The third-order valence-corrected chi connectivity index (χ3v) is 3.66. The van der Waals surface area contributed by atoms with Gasteiger partial charge in [-0.2, -0.15) is 0 Å². The number of aryl methyl sites for hydroxylation is 1. The van der Waals surface area contributed by atoms with Crippen molar-refractivity contribution in [2.45, 2.75) is 64.3 Å². The summed E-state index contributed by atoms with van der Waals surface area (Å²) in [5, 5.41) is 0. The van der Waals surface area contributed by atoms with Crippen LogP contribution in [0.4, 0.5) is 0 Å². The van der Waals surface area contributed by atoms with E-state index in [4.69, 9.17) is 10.7 Å². The highest BCUT2D eigenvalue weighted by molar-refractivity contribution is 5.17. The van der Waals surface area contributed by atoms with Gasteiger partial charge in [0.15, 0.2) is 0 Å². The molecule has 0 atom stereocenters. The molecule has 94 valence electrons. The first-order chi connectivity index (χ1) is 8.01. The molecule has 0 spiro atoms. The molecule has 1 aromatic heterocycles. The molecular weight excluding hydrogens is 210 g/mol. The number of nitrogens with zero attached hydrogens (tertiary/aromatic N) is 2. The van der Waals surface area contributed by atoms with E-state index < -0.39 is 0 Å². The number of rotatable bonds is 2. The smallest absolute Gasteiger partial charge is 0.148 e. The fraction of sp³-hybridized carbons (Fsp3) is 0.714. The molecule has 2 N–H and O–H groups in total. The van der Waals surface area contributed by atoms with Crippen LogP contribution in [0.3, 0.4) is 0 Å². The first-order valence-electron chi connectivity index (χ1n) is 6.66. The van der Waals surface area contributed by atoms with Crippen molar-refractivity contribution in [2.24, 2.45) is 5.73 Å². The summed E-state index contributed by atoms with van der Waals surface area (Å²) >= 11 is 0. The van der Waals surface area contributed by atoms with Gasteiger partial charge in [0.1, 0.15) is 5.82 Å². The second kappa shape index (κ2) is 4.73. The summed E-state index contributed by atoms with van der Waals surface area (Å²) in [4.78, 5) is 9.27. The standard InChI is InChI=1S/C14H23N3/c1-10(2)12-9-11(3)16-13(17-12)14(15)7-5-4-6-8-14/h9-10H,4-8,15H2,1-3H3. The summed E-state index contributed by atoms with van der Waals surface area (Å²) in [5.41, 5.74) is 8.36. The van der Waals surface area contributed by atoms with E-state index in [1.165, 1.54) is 19.3 Å². The summed E-state index contributed by atoms with van der Waals surface area (Å²) in [7, 11) is 0. The zero-order valence-corrected chi connectivity index (χ0v) is 11.2. The molecule has 0 amide bonds. The quantitative estimate of drug-likeness (QED) is 0.854. The van der Waals surface area contributed by atoms with Crippen LogP contribution in [-0.2, 0) is 5.54 Å². The molecule has 1 fully saturated rings. The van der Waals surface area contributed by atoms with E-state index in [-0.39, 0.29) is 5.54 Å². The zero-order chi connectivity index (χ0) is 12.5. The molecule has 0 aromatic carbocycles. The molecule has 1 heterocycles. The molecule has 1 saturated carbocycles. The highest BCUT2D eigenvalue weighted by atomic mass is 15.0. The lowest BCUT2D eigenvalue weighted by Crippen LogP contribution is -2.40. The third-order valence-electron chi connectivity index (χ3n) is 3.66. The molecule has 2 rings (SSSR count). The number of hydrogen-bond donors (Lipinski definition) is 1. The zero-order valence-electron chi connectivity index (χ0n) is 11.2. The van der Waals surface area contributed by atoms with Gasteiger partial charge in [-0.1, -0.05) is 33.1 Å². The van der Waals surface area contributed by atoms with Crippen molar-refractivity contribution < 1.29 is 0 Å². The van der Waals surface area contributed by atoms with Crippen molar-refractivity contribution >= 4 is 0 Å². The predicted octanol–water partition coefficient (Wildman–Crippen LogP) is 3.03. The Morgan fingerprint density at radius 2 is 1.82 bits per heavy atom. The molecule has 0 saturated heterocycles. The molecule has 1 aliphatic carbocycles. The SMILES string of the molecule is Cc1cc(C(C)C)nc(C2(N)CCCCC2)n1. The van der Waals surface area contributed by atoms with Gasteiger partial charge in [-0.25, -0.2) is 9.97 Å². The van der Waals surface area contributed by atoms with Gasteiger partial charge < -0.3 is 5.73 Å². The van der Waals surface area contributed by atoms with Crippen molar-refractivity contribution in [3.8, 4) is 0 Å². The Hall–Kier alpha value is -0.960. The number of hydrogen-bond acceptors (Lipinski definition) is 3. The Bertz CT molecular complexity index is 392. The normalized spacial score (nSPS) is 19.6. The third kappa shape index (κ3) is 2.65. The van der Waals surface area contributed by atoms with Crippen LogP contribution in [0.1, 0.15) is 69.1 Å². The Labute approximate surface area is 104 Å². The molecule has 0 unspecified atom stereocenters. The van der Waals surface area contributed by atoms with Crippen LogP contribution in [0.25, 0.3) is 0 Å². The molecule has 17 heavy (non-hydrogen) atoms. The molecule has 1 aromatic rings. The summed E-state index contributed by atoms with van der Waals surface area (Å²) in [6.07, 6.45) is 5.74. The second-order valence-corrected chi connectivity index (χ2v) is 5.63. The number of aromatic nitrogens is 2. The van der Waals surface area contributed by atoms with Crippen LogP contribution >= 0.6 is 0 Å². The average molecular weight is 233 g/mol. The van der Waals surface area contributed by atoms with Crippen molar-refractivity contribution in [3.05, 3.63) is 23.3 Å². The second-order valence-electron chi connectivity index (χ2n) is 5.63. The molecule has 3 heteroatoms. The highest BCUT2D eigenvalue weighted by Gasteiger charge is 2.32. The van der Waals surface area contributed by atoms with Crippen LogP contribution in [-0.4, -0.2) is 9.97 Å². The Morgan fingerprint density at radius 1 is 1.18 bits per heavy atom. The van der Waals surface area contributed by atoms with Crippen LogP contribution in [0.15, 0.2) is 6.07 Å². The molecule has 0 bridgehead atoms. The van der Waals surface area contributed by atoms with E-state index >= 15 is 0 Å². The van der Waals surface area contributed by atoms with E-state index in [1.807, 2.05) is 6.92 Å². The van der Waals surface area contributed by atoms with E-state index in [0.29, 0.717) is 5.92 Å². The topological polar surface area (TPSA) is 51.8 Å². The summed E-state index contributed by atoms with van der Waals surface area (Å²) in [6, 6.07) is 2.07. The maximum Gasteiger partial charge on any atom is 0.148 e. The van der Waals surface area contributed by atoms with Gasteiger partial charge in [0.2, 0.25) is 0 Å². The molecule has 0 aliphatic heterocycles. The van der Waals surface area contributed by atoms with E-state index in [2.05, 4.69) is 24.9 Å². The van der Waals surface area contributed by atoms with Gasteiger partial charge in [-0.15, -0.1) is 0 Å². The van der Waals surface area contributed by atoms with E-state index in [0.717, 1.165) is 30.1 Å². The van der Waals surface area contributed by atoms with E-state index in [1.54, 1.807) is 0 Å². The Balaban J connectivity index is 2.37. The van der Waals surface area contributed by atoms with Gasteiger partial charge in [0.25, 0.3) is 0 Å². The lowest BCUT2D eigenvalue weighted by molar-refractivity contribution is 0.285. The van der Waals surface area contributed by atoms with Crippen molar-refractivity contribution in [3.63, 3.8) is 0 Å². The van der Waals surface area contributed by atoms with Gasteiger partial charge in [0, 0.05) is 11.4 Å². The summed E-state index contributed by atoms with van der Waals surface area (Å²) in [5.74, 6) is 1.29. The summed E-state index contributed by atoms with van der Waals surface area (Å²) < 4.78 is 0. The molecular formula is C14H23N3.